The topological polar surface area (TPSA) is 93.8 Å². The molecular formula is C18H19N3O4. The summed E-state index contributed by atoms with van der Waals surface area (Å²) in [5, 5.41) is 17.1. The first-order valence-electron chi connectivity index (χ1n) is 7.85. The molecule has 0 aliphatic rings. The van der Waals surface area contributed by atoms with Crippen molar-refractivity contribution in [1.82, 2.24) is 5.32 Å². The molecule has 2 aromatic rings. The molecule has 1 amide bonds. The Kier molecular flexibility index (Phi) is 7.12. The van der Waals surface area contributed by atoms with E-state index in [1.54, 1.807) is 12.1 Å². The molecule has 0 bridgehead atoms. The Bertz CT molecular complexity index is 732. The molecule has 0 saturated heterocycles. The highest BCUT2D eigenvalue weighted by Crippen LogP contribution is 2.11. The molecule has 25 heavy (non-hydrogen) atoms. The molecule has 7 heteroatoms. The minimum absolute atomic E-state index is 0.0277. The van der Waals surface area contributed by atoms with Crippen LogP contribution in [-0.4, -0.2) is 30.2 Å². The normalized spacial score (nSPS) is 10.6. The van der Waals surface area contributed by atoms with Gasteiger partial charge in [-0.25, -0.2) is 0 Å². The lowest BCUT2D eigenvalue weighted by Gasteiger charge is -2.04. The summed E-state index contributed by atoms with van der Waals surface area (Å²) >= 11 is 0. The van der Waals surface area contributed by atoms with Crippen LogP contribution in [0.3, 0.4) is 0 Å². The van der Waals surface area contributed by atoms with E-state index < -0.39 is 4.92 Å². The fourth-order valence-electron chi connectivity index (χ4n) is 2.13. The van der Waals surface area contributed by atoms with E-state index in [2.05, 4.69) is 10.5 Å². The first-order chi connectivity index (χ1) is 12.1. The summed E-state index contributed by atoms with van der Waals surface area (Å²) in [5.74, 6) is -0.260. The molecule has 1 N–H and O–H groups in total. The number of carbonyl (C=O) groups excluding carboxylic acids is 1. The minimum Gasteiger partial charge on any atom is -0.386 e. The predicted molar refractivity (Wildman–Crippen MR) is 94.4 cm³/mol. The smallest absolute Gasteiger partial charge is 0.270 e. The fraction of sp³-hybridized carbons (Fsp3) is 0.222. The Labute approximate surface area is 145 Å². The number of amides is 1. The highest BCUT2D eigenvalue weighted by molar-refractivity contribution is 5.80. The zero-order valence-electron chi connectivity index (χ0n) is 13.6. The van der Waals surface area contributed by atoms with Crippen LogP contribution >= 0.6 is 0 Å². The van der Waals surface area contributed by atoms with Crippen molar-refractivity contribution in [2.24, 2.45) is 5.16 Å². The molecule has 0 aromatic heterocycles. The molecular weight excluding hydrogens is 322 g/mol. The summed E-state index contributed by atoms with van der Waals surface area (Å²) in [5.41, 5.74) is 1.73. The van der Waals surface area contributed by atoms with Crippen LogP contribution in [0.15, 0.2) is 59.8 Å². The first-order valence-corrected chi connectivity index (χ1v) is 7.85. The lowest BCUT2D eigenvalue weighted by molar-refractivity contribution is -0.384. The molecule has 2 aromatic carbocycles. The van der Waals surface area contributed by atoms with Crippen molar-refractivity contribution >= 4 is 17.8 Å². The number of nitro groups is 1. The van der Waals surface area contributed by atoms with Crippen LogP contribution in [0.5, 0.6) is 0 Å². The number of nitrogens with one attached hydrogen (secondary N) is 1. The lowest BCUT2D eigenvalue weighted by Crippen LogP contribution is -2.28. The third-order valence-corrected chi connectivity index (χ3v) is 3.36. The number of oxime groups is 1. The van der Waals surface area contributed by atoms with Crippen molar-refractivity contribution in [3.8, 4) is 0 Å². The average molecular weight is 341 g/mol. The number of rotatable bonds is 9. The summed E-state index contributed by atoms with van der Waals surface area (Å²) in [6.45, 7) is 0.364. The Morgan fingerprint density at radius 2 is 2.00 bits per heavy atom. The maximum absolute atomic E-state index is 11.6. The maximum Gasteiger partial charge on any atom is 0.270 e. The number of aryl methyl sites for hydroxylation is 1. The zero-order chi connectivity index (χ0) is 17.9. The Morgan fingerprint density at radius 1 is 1.20 bits per heavy atom. The molecule has 0 radical (unpaired) electrons. The highest BCUT2D eigenvalue weighted by Gasteiger charge is 2.04. The second-order valence-corrected chi connectivity index (χ2v) is 5.30. The number of hydrogen-bond acceptors (Lipinski definition) is 5. The monoisotopic (exact) mass is 341 g/mol. The summed E-state index contributed by atoms with van der Waals surface area (Å²) in [7, 11) is 0. The molecule has 0 aliphatic heterocycles. The Morgan fingerprint density at radius 3 is 2.76 bits per heavy atom. The molecule has 0 saturated carbocycles. The Balaban J connectivity index is 1.63. The first kappa shape index (κ1) is 18.1. The van der Waals surface area contributed by atoms with Gasteiger partial charge in [-0.1, -0.05) is 47.6 Å². The quantitative estimate of drug-likeness (QED) is 0.328. The van der Waals surface area contributed by atoms with E-state index in [-0.39, 0.29) is 18.2 Å². The molecule has 0 spiro atoms. The lowest BCUT2D eigenvalue weighted by atomic mass is 10.1. The van der Waals surface area contributed by atoms with Gasteiger partial charge in [-0.2, -0.15) is 0 Å². The van der Waals surface area contributed by atoms with Gasteiger partial charge in [-0.3, -0.25) is 14.9 Å². The van der Waals surface area contributed by atoms with Crippen molar-refractivity contribution in [3.05, 3.63) is 75.8 Å². The van der Waals surface area contributed by atoms with Crippen molar-refractivity contribution in [1.29, 1.82) is 0 Å². The van der Waals surface area contributed by atoms with Crippen molar-refractivity contribution in [2.45, 2.75) is 12.8 Å². The number of hydrogen-bond donors (Lipinski definition) is 1. The summed E-state index contributed by atoms with van der Waals surface area (Å²) in [4.78, 5) is 26.7. The fourth-order valence-corrected chi connectivity index (χ4v) is 2.13. The molecule has 0 aliphatic carbocycles. The zero-order valence-corrected chi connectivity index (χ0v) is 13.6. The van der Waals surface area contributed by atoms with Crippen LogP contribution < -0.4 is 5.32 Å². The maximum atomic E-state index is 11.6. The van der Waals surface area contributed by atoms with E-state index in [1.807, 2.05) is 30.3 Å². The minimum atomic E-state index is -0.485. The van der Waals surface area contributed by atoms with Gasteiger partial charge in [-0.05, 0) is 18.4 Å². The SMILES string of the molecule is O=C(CO/N=C\c1cccc([N+](=O)[O-])c1)NCCCc1ccccc1. The largest absolute Gasteiger partial charge is 0.386 e. The number of nitrogens with zero attached hydrogens (tertiary/aromatic N) is 2. The predicted octanol–water partition coefficient (Wildman–Crippen LogP) is 2.69. The number of nitro benzene ring substituents is 1. The highest BCUT2D eigenvalue weighted by atomic mass is 16.6. The van der Waals surface area contributed by atoms with Crippen LogP contribution in [0, 0.1) is 10.1 Å². The van der Waals surface area contributed by atoms with Crippen molar-refractivity contribution in [2.75, 3.05) is 13.2 Å². The van der Waals surface area contributed by atoms with Gasteiger partial charge in [0, 0.05) is 24.2 Å². The summed E-state index contributed by atoms with van der Waals surface area (Å²) in [6, 6.07) is 16.0. The van der Waals surface area contributed by atoms with E-state index in [0.29, 0.717) is 12.1 Å². The van der Waals surface area contributed by atoms with E-state index in [4.69, 9.17) is 4.84 Å². The molecule has 0 unspecified atom stereocenters. The third-order valence-electron chi connectivity index (χ3n) is 3.36. The molecule has 130 valence electrons. The van der Waals surface area contributed by atoms with Gasteiger partial charge in [0.1, 0.15) is 0 Å². The van der Waals surface area contributed by atoms with Crippen LogP contribution in [-0.2, 0) is 16.1 Å². The molecule has 2 rings (SSSR count). The standard InChI is InChI=1S/C18H19N3O4/c22-18(19-11-5-9-15-6-2-1-3-7-15)14-25-20-13-16-8-4-10-17(12-16)21(23)24/h1-4,6-8,10,12-13H,5,9,11,14H2,(H,19,22)/b20-13-. The number of carbonyl (C=O) groups is 1. The van der Waals surface area contributed by atoms with Crippen LogP contribution in [0.2, 0.25) is 0 Å². The second kappa shape index (κ2) is 9.82. The van der Waals surface area contributed by atoms with E-state index >= 15 is 0 Å². The Hall–Kier alpha value is -3.22. The van der Waals surface area contributed by atoms with Gasteiger partial charge < -0.3 is 10.2 Å². The molecule has 0 fully saturated rings. The molecule has 0 heterocycles. The van der Waals surface area contributed by atoms with Gasteiger partial charge in [0.25, 0.3) is 11.6 Å². The van der Waals surface area contributed by atoms with Crippen LogP contribution in [0.4, 0.5) is 5.69 Å². The second-order valence-electron chi connectivity index (χ2n) is 5.30. The van der Waals surface area contributed by atoms with E-state index in [0.717, 1.165) is 12.8 Å². The van der Waals surface area contributed by atoms with E-state index in [9.17, 15) is 14.9 Å². The van der Waals surface area contributed by atoms with Gasteiger partial charge in [-0.15, -0.1) is 0 Å². The molecule has 7 nitrogen and oxygen atoms in total. The number of benzene rings is 2. The van der Waals surface area contributed by atoms with E-state index in [1.165, 1.54) is 23.9 Å². The van der Waals surface area contributed by atoms with Crippen molar-refractivity contribution in [3.63, 3.8) is 0 Å². The van der Waals surface area contributed by atoms with Gasteiger partial charge in [0.05, 0.1) is 11.1 Å². The summed E-state index contributed by atoms with van der Waals surface area (Å²) in [6.07, 6.45) is 3.06. The van der Waals surface area contributed by atoms with Gasteiger partial charge >= 0.3 is 0 Å². The average Bonchev–Trinajstić information content (AvgIpc) is 2.63. The van der Waals surface area contributed by atoms with Gasteiger partial charge in [0.15, 0.2) is 6.61 Å². The number of non-ortho nitro benzene ring substituents is 1. The third kappa shape index (κ3) is 6.82. The molecule has 0 atom stereocenters. The van der Waals surface area contributed by atoms with Crippen LogP contribution in [0.25, 0.3) is 0 Å². The summed E-state index contributed by atoms with van der Waals surface area (Å²) < 4.78 is 0. The van der Waals surface area contributed by atoms with Crippen molar-refractivity contribution < 1.29 is 14.6 Å². The van der Waals surface area contributed by atoms with Gasteiger partial charge in [0.2, 0.25) is 0 Å². The van der Waals surface area contributed by atoms with Crippen LogP contribution in [0.1, 0.15) is 17.5 Å².